The van der Waals surface area contributed by atoms with E-state index in [-0.39, 0.29) is 36.5 Å². The largest absolute Gasteiger partial charge is 0.496 e. The Hall–Kier alpha value is -2.38. The third-order valence-corrected chi connectivity index (χ3v) is 4.57. The lowest BCUT2D eigenvalue weighted by Crippen LogP contribution is -2.49. The van der Waals surface area contributed by atoms with Crippen LogP contribution in [0.25, 0.3) is 0 Å². The standard InChI is InChI=1S/C20H22F2N2O3.ClH/c1-26-18-5-3-2-4-16(18)17-13-23-10-11-24(17)19(25)12-14-6-8-15(9-7-14)27-20(21)22;/h2-9,17,20,23H,10-13H2,1H3;1H. The molecule has 0 radical (unpaired) electrons. The van der Waals surface area contributed by atoms with Crippen LogP contribution in [0.15, 0.2) is 48.5 Å². The van der Waals surface area contributed by atoms with Crippen LogP contribution in [0.5, 0.6) is 11.5 Å². The number of ether oxygens (including phenoxy) is 2. The van der Waals surface area contributed by atoms with Crippen LogP contribution in [-0.2, 0) is 11.2 Å². The molecule has 0 bridgehead atoms. The van der Waals surface area contributed by atoms with Crippen molar-refractivity contribution in [2.75, 3.05) is 26.7 Å². The molecule has 1 amide bonds. The van der Waals surface area contributed by atoms with E-state index in [0.717, 1.165) is 23.4 Å². The summed E-state index contributed by atoms with van der Waals surface area (Å²) in [6.45, 7) is -0.903. The number of carbonyl (C=O) groups excluding carboxylic acids is 1. The van der Waals surface area contributed by atoms with Gasteiger partial charge in [-0.05, 0) is 23.8 Å². The van der Waals surface area contributed by atoms with Crippen LogP contribution in [0, 0.1) is 0 Å². The highest BCUT2D eigenvalue weighted by atomic mass is 35.5. The average molecular weight is 413 g/mol. The lowest BCUT2D eigenvalue weighted by molar-refractivity contribution is -0.133. The first kappa shape index (κ1) is 21.9. The summed E-state index contributed by atoms with van der Waals surface area (Å²) in [5, 5.41) is 3.32. The van der Waals surface area contributed by atoms with Gasteiger partial charge in [0.2, 0.25) is 5.91 Å². The molecule has 2 aromatic carbocycles. The molecule has 0 aliphatic carbocycles. The van der Waals surface area contributed by atoms with Crippen molar-refractivity contribution in [3.05, 3.63) is 59.7 Å². The van der Waals surface area contributed by atoms with Gasteiger partial charge < -0.3 is 19.7 Å². The minimum Gasteiger partial charge on any atom is -0.496 e. The fourth-order valence-corrected chi connectivity index (χ4v) is 3.29. The summed E-state index contributed by atoms with van der Waals surface area (Å²) in [7, 11) is 1.62. The SMILES string of the molecule is COc1ccccc1C1CNCCN1C(=O)Cc1ccc(OC(F)F)cc1.Cl. The van der Waals surface area contributed by atoms with Gasteiger partial charge in [-0.3, -0.25) is 4.79 Å². The zero-order valence-corrected chi connectivity index (χ0v) is 16.3. The van der Waals surface area contributed by atoms with E-state index in [0.29, 0.717) is 13.1 Å². The van der Waals surface area contributed by atoms with Crippen LogP contribution in [0.1, 0.15) is 17.2 Å². The van der Waals surface area contributed by atoms with Crippen LogP contribution in [-0.4, -0.2) is 44.2 Å². The van der Waals surface area contributed by atoms with E-state index < -0.39 is 6.61 Å². The van der Waals surface area contributed by atoms with E-state index in [1.807, 2.05) is 29.2 Å². The molecule has 0 saturated carbocycles. The van der Waals surface area contributed by atoms with Crippen molar-refractivity contribution in [2.24, 2.45) is 0 Å². The van der Waals surface area contributed by atoms with E-state index in [1.165, 1.54) is 12.1 Å². The van der Waals surface area contributed by atoms with E-state index >= 15 is 0 Å². The summed E-state index contributed by atoms with van der Waals surface area (Å²) >= 11 is 0. The maximum absolute atomic E-state index is 12.9. The van der Waals surface area contributed by atoms with Crippen LogP contribution < -0.4 is 14.8 Å². The molecule has 5 nitrogen and oxygen atoms in total. The number of nitrogens with one attached hydrogen (secondary N) is 1. The van der Waals surface area contributed by atoms with E-state index in [2.05, 4.69) is 10.1 Å². The molecule has 152 valence electrons. The van der Waals surface area contributed by atoms with Crippen LogP contribution in [0.4, 0.5) is 8.78 Å². The number of hydrogen-bond donors (Lipinski definition) is 1. The third-order valence-electron chi connectivity index (χ3n) is 4.57. The van der Waals surface area contributed by atoms with E-state index in [4.69, 9.17) is 4.74 Å². The highest BCUT2D eigenvalue weighted by Gasteiger charge is 2.29. The van der Waals surface area contributed by atoms with Gasteiger partial charge in [0.25, 0.3) is 0 Å². The van der Waals surface area contributed by atoms with Crippen LogP contribution >= 0.6 is 12.4 Å². The molecular formula is C20H23ClF2N2O3. The Bertz CT molecular complexity index is 774. The van der Waals surface area contributed by atoms with E-state index in [1.54, 1.807) is 19.2 Å². The molecule has 0 spiro atoms. The molecule has 1 aliphatic heterocycles. The predicted octanol–water partition coefficient (Wildman–Crippen LogP) is 3.43. The maximum atomic E-state index is 12.9. The Labute approximate surface area is 169 Å². The van der Waals surface area contributed by atoms with Gasteiger partial charge in [-0.2, -0.15) is 8.78 Å². The average Bonchev–Trinajstić information content (AvgIpc) is 2.69. The van der Waals surface area contributed by atoms with Crippen LogP contribution in [0.2, 0.25) is 0 Å². The van der Waals surface area contributed by atoms with Crippen molar-refractivity contribution in [1.82, 2.24) is 10.2 Å². The smallest absolute Gasteiger partial charge is 0.387 e. The molecule has 1 N–H and O–H groups in total. The molecular weight excluding hydrogens is 390 g/mol. The van der Waals surface area contributed by atoms with Gasteiger partial charge in [-0.25, -0.2) is 0 Å². The fourth-order valence-electron chi connectivity index (χ4n) is 3.29. The van der Waals surface area contributed by atoms with Gasteiger partial charge in [0.15, 0.2) is 0 Å². The minimum atomic E-state index is -2.86. The molecule has 1 fully saturated rings. The molecule has 1 heterocycles. The number of para-hydroxylation sites is 1. The van der Waals surface area contributed by atoms with Crippen molar-refractivity contribution in [2.45, 2.75) is 19.1 Å². The van der Waals surface area contributed by atoms with Gasteiger partial charge in [0.05, 0.1) is 19.6 Å². The summed E-state index contributed by atoms with van der Waals surface area (Å²) in [6.07, 6.45) is 0.195. The Morgan fingerprint density at radius 3 is 2.61 bits per heavy atom. The lowest BCUT2D eigenvalue weighted by Gasteiger charge is -2.37. The fraction of sp³-hybridized carbons (Fsp3) is 0.350. The first-order valence-corrected chi connectivity index (χ1v) is 8.75. The zero-order chi connectivity index (χ0) is 19.2. The molecule has 0 aromatic heterocycles. The monoisotopic (exact) mass is 412 g/mol. The van der Waals surface area contributed by atoms with Crippen molar-refractivity contribution in [3.63, 3.8) is 0 Å². The van der Waals surface area contributed by atoms with Gasteiger partial charge in [0, 0.05) is 25.2 Å². The van der Waals surface area contributed by atoms with Crippen molar-refractivity contribution >= 4 is 18.3 Å². The predicted molar refractivity (Wildman–Crippen MR) is 104 cm³/mol. The second-order valence-corrected chi connectivity index (χ2v) is 6.25. The number of carbonyl (C=O) groups is 1. The molecule has 1 atom stereocenters. The Kier molecular flexibility index (Phi) is 8.02. The summed E-state index contributed by atoms with van der Waals surface area (Å²) in [5.74, 6) is 0.808. The number of nitrogens with zero attached hydrogens (tertiary/aromatic N) is 1. The van der Waals surface area contributed by atoms with Gasteiger partial charge >= 0.3 is 6.61 Å². The first-order valence-electron chi connectivity index (χ1n) is 8.75. The first-order chi connectivity index (χ1) is 13.1. The summed E-state index contributed by atoms with van der Waals surface area (Å²) in [4.78, 5) is 14.8. The molecule has 1 unspecified atom stereocenters. The quantitative estimate of drug-likeness (QED) is 0.789. The number of benzene rings is 2. The van der Waals surface area contributed by atoms with Gasteiger partial charge in [0.1, 0.15) is 11.5 Å². The summed E-state index contributed by atoms with van der Waals surface area (Å²) < 4.78 is 34.3. The number of halogens is 3. The van der Waals surface area contributed by atoms with Crippen molar-refractivity contribution in [1.29, 1.82) is 0 Å². The minimum absolute atomic E-state index is 0. The Morgan fingerprint density at radius 2 is 1.93 bits per heavy atom. The number of amides is 1. The lowest BCUT2D eigenvalue weighted by atomic mass is 10.0. The number of rotatable bonds is 6. The Morgan fingerprint density at radius 1 is 1.21 bits per heavy atom. The van der Waals surface area contributed by atoms with Gasteiger partial charge in [-0.1, -0.05) is 30.3 Å². The highest BCUT2D eigenvalue weighted by Crippen LogP contribution is 2.30. The number of piperazine rings is 1. The highest BCUT2D eigenvalue weighted by molar-refractivity contribution is 5.85. The molecule has 1 saturated heterocycles. The summed E-state index contributed by atoms with van der Waals surface area (Å²) in [6, 6.07) is 13.7. The molecule has 2 aromatic rings. The second-order valence-electron chi connectivity index (χ2n) is 6.25. The number of alkyl halides is 2. The molecule has 3 rings (SSSR count). The number of hydrogen-bond acceptors (Lipinski definition) is 4. The van der Waals surface area contributed by atoms with Crippen molar-refractivity contribution < 1.29 is 23.0 Å². The zero-order valence-electron chi connectivity index (χ0n) is 15.4. The third kappa shape index (κ3) is 5.33. The second kappa shape index (κ2) is 10.2. The van der Waals surface area contributed by atoms with E-state index in [9.17, 15) is 13.6 Å². The molecule has 8 heteroatoms. The maximum Gasteiger partial charge on any atom is 0.387 e. The normalized spacial score (nSPS) is 16.4. The Balaban J connectivity index is 0.00000280. The molecule has 28 heavy (non-hydrogen) atoms. The van der Waals surface area contributed by atoms with Crippen LogP contribution in [0.3, 0.4) is 0 Å². The van der Waals surface area contributed by atoms with Gasteiger partial charge in [-0.15, -0.1) is 12.4 Å². The topological polar surface area (TPSA) is 50.8 Å². The number of methoxy groups -OCH3 is 1. The summed E-state index contributed by atoms with van der Waals surface area (Å²) in [5.41, 5.74) is 1.71. The molecule has 1 aliphatic rings. The van der Waals surface area contributed by atoms with Crippen molar-refractivity contribution in [3.8, 4) is 11.5 Å².